The van der Waals surface area contributed by atoms with Gasteiger partial charge in [-0.05, 0) is 138 Å². The van der Waals surface area contributed by atoms with Gasteiger partial charge < -0.3 is 10.6 Å². The molecular formula is C40H88Ge2N8Si2-2. The Morgan fingerprint density at radius 2 is 0.596 bits per heavy atom. The van der Waals surface area contributed by atoms with Crippen molar-refractivity contribution in [3.63, 3.8) is 0 Å². The van der Waals surface area contributed by atoms with E-state index in [1.54, 1.807) is 0 Å². The van der Waals surface area contributed by atoms with Crippen molar-refractivity contribution in [2.24, 2.45) is 0 Å². The van der Waals surface area contributed by atoms with Gasteiger partial charge in [0.15, 0.2) is 0 Å². The minimum atomic E-state index is -0.977. The molecule has 2 fully saturated rings. The number of hydrogen-bond donors (Lipinski definition) is 0. The van der Waals surface area contributed by atoms with Gasteiger partial charge in [0.1, 0.15) is 0 Å². The second kappa shape index (κ2) is 19.8. The Bertz CT molecular complexity index is 912. The van der Waals surface area contributed by atoms with Crippen LogP contribution in [0.4, 0.5) is 0 Å². The number of nitrogens with zero attached hydrogens (tertiary/aromatic N) is 8. The van der Waals surface area contributed by atoms with Crippen molar-refractivity contribution in [2.45, 2.75) is 210 Å². The van der Waals surface area contributed by atoms with Gasteiger partial charge in [-0.15, -0.1) is 24.2 Å². The summed E-state index contributed by atoms with van der Waals surface area (Å²) in [5.74, 6) is 0. The Hall–Kier alpha value is 1.20. The number of rotatable bonds is 8. The van der Waals surface area contributed by atoms with Crippen LogP contribution in [0.2, 0.25) is 0 Å². The maximum absolute atomic E-state index is 4.89. The van der Waals surface area contributed by atoms with Crippen LogP contribution in [0.5, 0.6) is 0 Å². The van der Waals surface area contributed by atoms with Crippen molar-refractivity contribution in [3.05, 3.63) is 10.6 Å². The van der Waals surface area contributed by atoms with E-state index >= 15 is 0 Å². The second-order valence-electron chi connectivity index (χ2n) is 22.6. The van der Waals surface area contributed by atoms with Crippen LogP contribution in [0.15, 0.2) is 0 Å². The summed E-state index contributed by atoms with van der Waals surface area (Å²) in [4.78, 5) is 0. The normalized spacial score (nSPS) is 19.3. The molecule has 0 aromatic rings. The monoisotopic (exact) mass is 885 g/mol. The molecule has 2 aliphatic rings. The standard InChI is InChI=1S/2C20H44N4Si.Ge2/c2*1-17(2,3)21-13-14-22(18(4,5)6)25-23(19(7,8)9)15-16-24(25)20(10,11)12;1-2/h2*13-16H2,1-12H3;/q2*-1;. The molecule has 0 saturated carbocycles. The molecule has 8 nitrogen and oxygen atoms in total. The van der Waals surface area contributed by atoms with Crippen LogP contribution in [0.1, 0.15) is 166 Å². The van der Waals surface area contributed by atoms with Gasteiger partial charge in [0, 0.05) is 59.4 Å². The van der Waals surface area contributed by atoms with Gasteiger partial charge in [-0.3, -0.25) is 27.4 Å². The van der Waals surface area contributed by atoms with Gasteiger partial charge >= 0.3 is 46.6 Å². The molecule has 0 atom stereocenters. The van der Waals surface area contributed by atoms with E-state index in [1.807, 2.05) is 28.0 Å². The predicted octanol–water partition coefficient (Wildman–Crippen LogP) is 8.16. The Balaban J connectivity index is 0.000000955. The predicted molar refractivity (Wildman–Crippen MR) is 238 cm³/mol. The molecule has 0 aromatic heterocycles. The molecule has 2 heterocycles. The molecule has 0 spiro atoms. The summed E-state index contributed by atoms with van der Waals surface area (Å²) in [6.07, 6.45) is 0. The summed E-state index contributed by atoms with van der Waals surface area (Å²) < 4.78 is 16.6. The van der Waals surface area contributed by atoms with Gasteiger partial charge in [-0.2, -0.15) is 0 Å². The van der Waals surface area contributed by atoms with Crippen molar-refractivity contribution < 1.29 is 0 Å². The molecule has 0 aromatic carbocycles. The molecule has 0 amide bonds. The Labute approximate surface area is 345 Å². The summed E-state index contributed by atoms with van der Waals surface area (Å²) in [7, 11) is -1.95. The first-order valence-corrected chi connectivity index (χ1v) is 29.1. The average Bonchev–Trinajstić information content (AvgIpc) is 3.53. The molecule has 306 valence electrons. The Morgan fingerprint density at radius 1 is 0.404 bits per heavy atom. The first kappa shape index (κ1) is 53.2. The van der Waals surface area contributed by atoms with Gasteiger partial charge in [0.25, 0.3) is 0 Å². The van der Waals surface area contributed by atoms with Crippen LogP contribution in [0.25, 0.3) is 10.6 Å². The second-order valence-corrected chi connectivity index (χ2v) is 27.1. The van der Waals surface area contributed by atoms with Crippen molar-refractivity contribution in [2.75, 3.05) is 52.4 Å². The van der Waals surface area contributed by atoms with Crippen LogP contribution in [0.3, 0.4) is 0 Å². The van der Waals surface area contributed by atoms with Crippen LogP contribution in [-0.2, 0) is 0 Å². The molecule has 2 saturated heterocycles. The Kier molecular flexibility index (Phi) is 20.2. The van der Waals surface area contributed by atoms with E-state index in [0.29, 0.717) is 0 Å². The first-order valence-electron chi connectivity index (χ1n) is 19.9. The fourth-order valence-electron chi connectivity index (χ4n) is 6.66. The molecule has 12 heteroatoms. The van der Waals surface area contributed by atoms with E-state index in [1.165, 1.54) is 0 Å². The Morgan fingerprint density at radius 3 is 0.731 bits per heavy atom. The maximum atomic E-state index is 4.89. The molecule has 0 aliphatic carbocycles. The van der Waals surface area contributed by atoms with E-state index in [4.69, 9.17) is 10.6 Å². The van der Waals surface area contributed by atoms with Crippen molar-refractivity contribution in [1.82, 2.24) is 27.4 Å². The molecule has 0 N–H and O–H groups in total. The zero-order valence-electron chi connectivity index (χ0n) is 39.2. The molecule has 2 rings (SSSR count). The van der Waals surface area contributed by atoms with Gasteiger partial charge in [0.2, 0.25) is 0 Å². The molecule has 6 radical (unpaired) electrons. The van der Waals surface area contributed by atoms with Gasteiger partial charge in [-0.25, -0.2) is 0 Å². The molecule has 0 bridgehead atoms. The molecular weight excluding hydrogens is 794 g/mol. The van der Waals surface area contributed by atoms with E-state index in [2.05, 4.69) is 194 Å². The van der Waals surface area contributed by atoms with E-state index in [-0.39, 0.29) is 44.3 Å². The summed E-state index contributed by atoms with van der Waals surface area (Å²) in [5.41, 5.74) is 1.14. The zero-order valence-corrected chi connectivity index (χ0v) is 45.4. The van der Waals surface area contributed by atoms with E-state index < -0.39 is 18.6 Å². The third-order valence-electron chi connectivity index (χ3n) is 9.22. The van der Waals surface area contributed by atoms with Crippen LogP contribution in [-0.4, -0.2) is 171 Å². The third kappa shape index (κ3) is 17.8. The molecule has 2 aliphatic heterocycles. The van der Waals surface area contributed by atoms with Gasteiger partial charge in [-0.1, -0.05) is 41.5 Å². The van der Waals surface area contributed by atoms with Crippen molar-refractivity contribution in [1.29, 1.82) is 0 Å². The molecule has 0 unspecified atom stereocenters. The fraction of sp³-hybridized carbons (Fsp3) is 1.00. The van der Waals surface area contributed by atoms with E-state index in [9.17, 15) is 0 Å². The quantitative estimate of drug-likeness (QED) is 0.230. The minimum absolute atomic E-state index is 0.0457. The fourth-order valence-corrected chi connectivity index (χ4v) is 13.8. The third-order valence-corrected chi connectivity index (χ3v) is 17.5. The topological polar surface area (TPSA) is 47.6 Å². The van der Waals surface area contributed by atoms with Crippen molar-refractivity contribution in [3.8, 4) is 0 Å². The van der Waals surface area contributed by atoms with Crippen LogP contribution in [0, 0.1) is 0 Å². The van der Waals surface area contributed by atoms with Crippen LogP contribution >= 0.6 is 0 Å². The number of hydrogen-bond acceptors (Lipinski definition) is 6. The zero-order chi connectivity index (χ0) is 41.7. The van der Waals surface area contributed by atoms with Crippen molar-refractivity contribution >= 4 is 46.6 Å². The van der Waals surface area contributed by atoms with Gasteiger partial charge in [0.05, 0.1) is 0 Å². The summed E-state index contributed by atoms with van der Waals surface area (Å²) >= 11 is 4.00. The molecule has 52 heavy (non-hydrogen) atoms. The first-order chi connectivity index (χ1) is 22.9. The average molecular weight is 883 g/mol. The summed E-state index contributed by atoms with van der Waals surface area (Å²) in [5, 5.41) is 9.79. The van der Waals surface area contributed by atoms with E-state index in [0.717, 1.165) is 52.4 Å². The summed E-state index contributed by atoms with van der Waals surface area (Å²) in [6.45, 7) is 64.3. The van der Waals surface area contributed by atoms with Crippen LogP contribution < -0.4 is 0 Å². The summed E-state index contributed by atoms with van der Waals surface area (Å²) in [6, 6.07) is 0. The SMILES string of the molecule is CC(C)(C)[N-]CCN([Si]1N(C(C)(C)C)CCN1C(C)(C)C)C(C)(C)C.CC(C)(C)[N-]CCN([Si]1N(C(C)(C)C)CCN1C(C)(C)C)C(C)(C)C.[Ge]=[Ge].